The maximum atomic E-state index is 5.23. The number of methoxy groups -OCH3 is 1. The zero-order valence-corrected chi connectivity index (χ0v) is 14.7. The molecule has 3 aromatic carbocycles. The van der Waals surface area contributed by atoms with Crippen molar-refractivity contribution < 1.29 is 4.74 Å². The second-order valence-electron chi connectivity index (χ2n) is 5.51. The molecule has 0 atom stereocenters. The first-order chi connectivity index (χ1) is 12.2. The Bertz CT molecular complexity index is 891. The molecule has 0 fully saturated rings. The molecule has 0 amide bonds. The summed E-state index contributed by atoms with van der Waals surface area (Å²) in [6, 6.07) is 22.3. The second kappa shape index (κ2) is 8.26. The summed E-state index contributed by atoms with van der Waals surface area (Å²) in [7, 11) is 1.65. The van der Waals surface area contributed by atoms with Crippen molar-refractivity contribution in [1.82, 2.24) is 10.7 Å². The number of hydrazone groups is 1. The van der Waals surface area contributed by atoms with Gasteiger partial charge in [0.2, 0.25) is 0 Å². The van der Waals surface area contributed by atoms with E-state index in [0.717, 1.165) is 16.9 Å². The Balaban J connectivity index is 1.51. The van der Waals surface area contributed by atoms with Crippen LogP contribution in [0.1, 0.15) is 11.1 Å². The lowest BCUT2D eigenvalue weighted by Crippen LogP contribution is -2.31. The van der Waals surface area contributed by atoms with Crippen molar-refractivity contribution in [1.29, 1.82) is 0 Å². The third-order valence-corrected chi connectivity index (χ3v) is 4.00. The summed E-state index contributed by atoms with van der Waals surface area (Å²) in [6.07, 6.45) is 1.76. The minimum Gasteiger partial charge on any atom is -0.497 e. The molecule has 5 heteroatoms. The Labute approximate surface area is 152 Å². The summed E-state index contributed by atoms with van der Waals surface area (Å²) >= 11 is 5.23. The van der Waals surface area contributed by atoms with Gasteiger partial charge in [0.1, 0.15) is 5.75 Å². The Kier molecular flexibility index (Phi) is 5.59. The van der Waals surface area contributed by atoms with Gasteiger partial charge in [-0.3, -0.25) is 5.43 Å². The van der Waals surface area contributed by atoms with E-state index >= 15 is 0 Å². The van der Waals surface area contributed by atoms with E-state index in [1.807, 2.05) is 42.5 Å². The summed E-state index contributed by atoms with van der Waals surface area (Å²) in [6.45, 7) is 0.626. The topological polar surface area (TPSA) is 45.6 Å². The van der Waals surface area contributed by atoms with Gasteiger partial charge < -0.3 is 10.1 Å². The molecule has 0 saturated carbocycles. The summed E-state index contributed by atoms with van der Waals surface area (Å²) in [5, 5.41) is 10.2. The minimum absolute atomic E-state index is 0.479. The van der Waals surface area contributed by atoms with Crippen molar-refractivity contribution in [2.24, 2.45) is 5.10 Å². The molecule has 0 aliphatic rings. The fourth-order valence-corrected chi connectivity index (χ4v) is 2.54. The second-order valence-corrected chi connectivity index (χ2v) is 5.92. The fourth-order valence-electron chi connectivity index (χ4n) is 2.42. The Hall–Kier alpha value is -2.92. The summed E-state index contributed by atoms with van der Waals surface area (Å²) < 4.78 is 5.14. The molecule has 3 aromatic rings. The van der Waals surface area contributed by atoms with Crippen molar-refractivity contribution in [2.45, 2.75) is 6.54 Å². The number of fused-ring (bicyclic) bond motifs is 1. The highest BCUT2D eigenvalue weighted by Gasteiger charge is 1.97. The van der Waals surface area contributed by atoms with Crippen LogP contribution < -0.4 is 15.5 Å². The van der Waals surface area contributed by atoms with E-state index in [1.54, 1.807) is 13.3 Å². The monoisotopic (exact) mass is 349 g/mol. The number of nitrogens with zero attached hydrogens (tertiary/aromatic N) is 1. The Morgan fingerprint density at radius 1 is 1.04 bits per heavy atom. The highest BCUT2D eigenvalue weighted by molar-refractivity contribution is 7.80. The molecular weight excluding hydrogens is 330 g/mol. The Morgan fingerprint density at radius 3 is 2.56 bits per heavy atom. The summed E-state index contributed by atoms with van der Waals surface area (Å²) in [5.41, 5.74) is 4.97. The summed E-state index contributed by atoms with van der Waals surface area (Å²) in [4.78, 5) is 0. The average Bonchev–Trinajstić information content (AvgIpc) is 2.66. The van der Waals surface area contributed by atoms with E-state index in [9.17, 15) is 0 Å². The van der Waals surface area contributed by atoms with Crippen LogP contribution in [0.15, 0.2) is 71.8 Å². The van der Waals surface area contributed by atoms with E-state index in [1.165, 1.54) is 10.8 Å². The van der Waals surface area contributed by atoms with E-state index in [4.69, 9.17) is 17.0 Å². The highest BCUT2D eigenvalue weighted by atomic mass is 32.1. The molecule has 2 N–H and O–H groups in total. The molecule has 0 saturated heterocycles. The summed E-state index contributed by atoms with van der Waals surface area (Å²) in [5.74, 6) is 0.837. The molecule has 0 aromatic heterocycles. The quantitative estimate of drug-likeness (QED) is 0.417. The molecule has 4 nitrogen and oxygen atoms in total. The lowest BCUT2D eigenvalue weighted by atomic mass is 10.1. The van der Waals surface area contributed by atoms with Crippen molar-refractivity contribution in [3.63, 3.8) is 0 Å². The Morgan fingerprint density at radius 2 is 1.80 bits per heavy atom. The van der Waals surface area contributed by atoms with Crippen LogP contribution in [0.25, 0.3) is 10.8 Å². The first-order valence-corrected chi connectivity index (χ1v) is 8.34. The number of thiocarbonyl (C=S) groups is 1. The van der Waals surface area contributed by atoms with Gasteiger partial charge in [0.25, 0.3) is 0 Å². The van der Waals surface area contributed by atoms with Crippen LogP contribution in [-0.2, 0) is 6.54 Å². The predicted molar refractivity (Wildman–Crippen MR) is 107 cm³/mol. The molecule has 0 bridgehead atoms. The molecule has 3 rings (SSSR count). The highest BCUT2D eigenvalue weighted by Crippen LogP contribution is 2.14. The van der Waals surface area contributed by atoms with Crippen LogP contribution in [0.4, 0.5) is 0 Å². The van der Waals surface area contributed by atoms with Crippen LogP contribution in [0, 0.1) is 0 Å². The average molecular weight is 349 g/mol. The molecule has 0 spiro atoms. The molecule has 0 aliphatic carbocycles. The van der Waals surface area contributed by atoms with Crippen LogP contribution >= 0.6 is 12.2 Å². The van der Waals surface area contributed by atoms with Gasteiger partial charge in [0.05, 0.1) is 13.3 Å². The standard InChI is InChI=1S/C20H19N3OS/c1-24-19-10-7-15(8-11-19)13-21-20(25)23-22-14-16-6-9-17-4-2-3-5-18(17)12-16/h2-12,14H,13H2,1H3,(H2,21,23,25)/b22-14-. The van der Waals surface area contributed by atoms with Gasteiger partial charge in [-0.25, -0.2) is 0 Å². The van der Waals surface area contributed by atoms with Crippen LogP contribution in [-0.4, -0.2) is 18.4 Å². The van der Waals surface area contributed by atoms with Crippen molar-refractivity contribution in [2.75, 3.05) is 7.11 Å². The number of nitrogens with one attached hydrogen (secondary N) is 2. The normalized spacial score (nSPS) is 10.8. The van der Waals surface area contributed by atoms with Crippen molar-refractivity contribution in [3.8, 4) is 5.75 Å². The third-order valence-electron chi connectivity index (χ3n) is 3.77. The van der Waals surface area contributed by atoms with E-state index in [2.05, 4.69) is 40.1 Å². The lowest BCUT2D eigenvalue weighted by Gasteiger charge is -2.07. The zero-order valence-electron chi connectivity index (χ0n) is 13.9. The molecule has 0 unspecified atom stereocenters. The van der Waals surface area contributed by atoms with Crippen LogP contribution in [0.3, 0.4) is 0 Å². The van der Waals surface area contributed by atoms with Gasteiger partial charge in [0, 0.05) is 6.54 Å². The molecular formula is C20H19N3OS. The largest absolute Gasteiger partial charge is 0.497 e. The van der Waals surface area contributed by atoms with Gasteiger partial charge in [-0.1, -0.05) is 48.5 Å². The van der Waals surface area contributed by atoms with Crippen molar-refractivity contribution in [3.05, 3.63) is 77.9 Å². The molecule has 0 heterocycles. The van der Waals surface area contributed by atoms with Crippen molar-refractivity contribution >= 4 is 34.3 Å². The maximum absolute atomic E-state index is 5.23. The molecule has 25 heavy (non-hydrogen) atoms. The van der Waals surface area contributed by atoms with Gasteiger partial charge >= 0.3 is 0 Å². The van der Waals surface area contributed by atoms with Gasteiger partial charge in [-0.15, -0.1) is 0 Å². The van der Waals surface area contributed by atoms with Crippen LogP contribution in [0.2, 0.25) is 0 Å². The third kappa shape index (κ3) is 4.78. The van der Waals surface area contributed by atoms with Gasteiger partial charge in [-0.05, 0) is 52.3 Å². The SMILES string of the molecule is COc1ccc(CNC(=S)N/N=C\c2ccc3ccccc3c2)cc1. The number of rotatable bonds is 5. The molecule has 0 radical (unpaired) electrons. The van der Waals surface area contributed by atoms with Gasteiger partial charge in [-0.2, -0.15) is 5.10 Å². The van der Waals surface area contributed by atoms with E-state index < -0.39 is 0 Å². The zero-order chi connectivity index (χ0) is 17.5. The lowest BCUT2D eigenvalue weighted by molar-refractivity contribution is 0.414. The predicted octanol–water partition coefficient (Wildman–Crippen LogP) is 3.85. The maximum Gasteiger partial charge on any atom is 0.187 e. The molecule has 0 aliphatic heterocycles. The van der Waals surface area contributed by atoms with E-state index in [-0.39, 0.29) is 0 Å². The van der Waals surface area contributed by atoms with E-state index in [0.29, 0.717) is 11.7 Å². The smallest absolute Gasteiger partial charge is 0.187 e. The van der Waals surface area contributed by atoms with Crippen LogP contribution in [0.5, 0.6) is 5.75 Å². The first-order valence-electron chi connectivity index (χ1n) is 7.93. The number of hydrogen-bond acceptors (Lipinski definition) is 3. The first kappa shape index (κ1) is 16.9. The van der Waals surface area contributed by atoms with Gasteiger partial charge in [0.15, 0.2) is 5.11 Å². The number of ether oxygens (including phenoxy) is 1. The minimum atomic E-state index is 0.479. The molecule has 126 valence electrons. The number of benzene rings is 3. The fraction of sp³-hybridized carbons (Fsp3) is 0.100. The number of hydrogen-bond donors (Lipinski definition) is 2.